The lowest BCUT2D eigenvalue weighted by Gasteiger charge is -2.14. The summed E-state index contributed by atoms with van der Waals surface area (Å²) >= 11 is 0. The molecule has 1 atom stereocenters. The molecule has 5 rings (SSSR count). The maximum Gasteiger partial charge on any atom is 0.124 e. The average Bonchev–Trinajstić information content (AvgIpc) is 3.39. The molecular weight excluding hydrogens is 352 g/mol. The van der Waals surface area contributed by atoms with E-state index in [0.717, 1.165) is 52.0 Å². The van der Waals surface area contributed by atoms with Crippen molar-refractivity contribution in [3.63, 3.8) is 0 Å². The third-order valence-corrected chi connectivity index (χ3v) is 4.97. The van der Waals surface area contributed by atoms with Crippen molar-refractivity contribution >= 4 is 33.2 Å². The van der Waals surface area contributed by atoms with Gasteiger partial charge in [-0.05, 0) is 36.4 Å². The first-order valence-electron chi connectivity index (χ1n) is 9.21. The van der Waals surface area contributed by atoms with Crippen LogP contribution >= 0.6 is 0 Å². The molecule has 4 aromatic rings. The number of ether oxygens (including phenoxy) is 2. The summed E-state index contributed by atoms with van der Waals surface area (Å²) in [5.74, 6) is 0.764. The molecule has 1 aliphatic rings. The zero-order valence-corrected chi connectivity index (χ0v) is 15.1. The summed E-state index contributed by atoms with van der Waals surface area (Å²) < 4.78 is 11.4. The standard InChI is InChI=1S/C22H18N4O2/c23-11-15-12-25-21-10-17(28-18-6-8-27-13-18)2-3-19(21)22(15)26-16-1-4-20-14(9-16)5-7-24-20/h1-5,7,9-10,12,18,24H,6,8,13H2,(H,25,26). The molecule has 28 heavy (non-hydrogen) atoms. The zero-order chi connectivity index (χ0) is 18.9. The second-order valence-electron chi connectivity index (χ2n) is 6.85. The number of nitriles is 1. The summed E-state index contributed by atoms with van der Waals surface area (Å²) in [6.07, 6.45) is 4.49. The Bertz CT molecular complexity index is 1200. The second kappa shape index (κ2) is 6.87. The molecule has 0 radical (unpaired) electrons. The lowest BCUT2D eigenvalue weighted by molar-refractivity contribution is 0.141. The quantitative estimate of drug-likeness (QED) is 0.553. The van der Waals surface area contributed by atoms with Crippen LogP contribution in [-0.2, 0) is 4.74 Å². The number of nitrogens with zero attached hydrogens (tertiary/aromatic N) is 2. The van der Waals surface area contributed by atoms with Gasteiger partial charge in [-0.3, -0.25) is 4.98 Å². The Morgan fingerprint density at radius 1 is 1.21 bits per heavy atom. The summed E-state index contributed by atoms with van der Waals surface area (Å²) in [6.45, 7) is 1.36. The van der Waals surface area contributed by atoms with Crippen molar-refractivity contribution in [2.24, 2.45) is 0 Å². The number of fused-ring (bicyclic) bond motifs is 2. The molecule has 6 nitrogen and oxygen atoms in total. The average molecular weight is 370 g/mol. The second-order valence-corrected chi connectivity index (χ2v) is 6.85. The number of H-pyrrole nitrogens is 1. The van der Waals surface area contributed by atoms with Crippen LogP contribution < -0.4 is 10.1 Å². The Hall–Kier alpha value is -3.56. The number of rotatable bonds is 4. The third-order valence-electron chi connectivity index (χ3n) is 4.97. The Morgan fingerprint density at radius 2 is 2.18 bits per heavy atom. The number of hydrogen-bond donors (Lipinski definition) is 2. The van der Waals surface area contributed by atoms with Crippen LogP contribution in [0.3, 0.4) is 0 Å². The summed E-state index contributed by atoms with van der Waals surface area (Å²) in [5.41, 5.74) is 4.01. The van der Waals surface area contributed by atoms with Crippen molar-refractivity contribution in [1.29, 1.82) is 5.26 Å². The molecule has 2 aromatic heterocycles. The molecule has 0 amide bonds. The number of nitrogens with one attached hydrogen (secondary N) is 2. The van der Waals surface area contributed by atoms with Gasteiger partial charge in [0.05, 0.1) is 30.0 Å². The first kappa shape index (κ1) is 16.6. The van der Waals surface area contributed by atoms with Gasteiger partial charge in [0.2, 0.25) is 0 Å². The van der Waals surface area contributed by atoms with Crippen LogP contribution in [0.2, 0.25) is 0 Å². The Balaban J connectivity index is 1.52. The van der Waals surface area contributed by atoms with Crippen molar-refractivity contribution in [3.8, 4) is 11.8 Å². The number of aromatic amines is 1. The van der Waals surface area contributed by atoms with Gasteiger partial charge < -0.3 is 19.8 Å². The number of hydrogen-bond acceptors (Lipinski definition) is 5. The molecule has 0 spiro atoms. The van der Waals surface area contributed by atoms with Crippen LogP contribution in [0, 0.1) is 11.3 Å². The normalized spacial score (nSPS) is 16.3. The number of anilines is 2. The van der Waals surface area contributed by atoms with Gasteiger partial charge in [0.1, 0.15) is 17.9 Å². The fraction of sp³-hybridized carbons (Fsp3) is 0.182. The van der Waals surface area contributed by atoms with Crippen molar-refractivity contribution in [2.75, 3.05) is 18.5 Å². The van der Waals surface area contributed by atoms with Crippen LogP contribution in [0.4, 0.5) is 11.4 Å². The van der Waals surface area contributed by atoms with Crippen LogP contribution in [0.1, 0.15) is 12.0 Å². The van der Waals surface area contributed by atoms with Gasteiger partial charge in [-0.15, -0.1) is 0 Å². The predicted molar refractivity (Wildman–Crippen MR) is 108 cm³/mol. The largest absolute Gasteiger partial charge is 0.488 e. The highest BCUT2D eigenvalue weighted by Gasteiger charge is 2.18. The molecule has 1 unspecified atom stereocenters. The van der Waals surface area contributed by atoms with Crippen LogP contribution in [-0.4, -0.2) is 29.3 Å². The van der Waals surface area contributed by atoms with Gasteiger partial charge in [0, 0.05) is 46.9 Å². The van der Waals surface area contributed by atoms with Gasteiger partial charge in [-0.1, -0.05) is 0 Å². The maximum atomic E-state index is 9.57. The van der Waals surface area contributed by atoms with Crippen LogP contribution in [0.15, 0.2) is 54.9 Å². The van der Waals surface area contributed by atoms with Gasteiger partial charge >= 0.3 is 0 Å². The highest BCUT2D eigenvalue weighted by Crippen LogP contribution is 2.32. The monoisotopic (exact) mass is 370 g/mol. The lowest BCUT2D eigenvalue weighted by Crippen LogP contribution is -2.15. The molecule has 0 aliphatic carbocycles. The van der Waals surface area contributed by atoms with E-state index < -0.39 is 0 Å². The molecule has 1 aliphatic heterocycles. The van der Waals surface area contributed by atoms with E-state index in [-0.39, 0.29) is 6.10 Å². The number of benzene rings is 2. The summed E-state index contributed by atoms with van der Waals surface area (Å²) in [7, 11) is 0. The molecule has 6 heteroatoms. The van der Waals surface area contributed by atoms with Crippen molar-refractivity contribution in [3.05, 3.63) is 60.4 Å². The highest BCUT2D eigenvalue weighted by molar-refractivity contribution is 5.97. The van der Waals surface area contributed by atoms with Crippen molar-refractivity contribution < 1.29 is 9.47 Å². The predicted octanol–water partition coefficient (Wildman–Crippen LogP) is 4.50. The summed E-state index contributed by atoms with van der Waals surface area (Å²) in [6, 6.07) is 16.1. The van der Waals surface area contributed by atoms with E-state index in [1.54, 1.807) is 6.20 Å². The minimum Gasteiger partial charge on any atom is -0.488 e. The minimum atomic E-state index is 0.0847. The number of pyridine rings is 1. The molecule has 138 valence electrons. The van der Waals surface area contributed by atoms with E-state index in [9.17, 15) is 5.26 Å². The SMILES string of the molecule is N#Cc1cnc2cc(OC3CCOC3)ccc2c1Nc1ccc2[nH]ccc2c1. The van der Waals surface area contributed by atoms with Crippen LogP contribution in [0.5, 0.6) is 5.75 Å². The lowest BCUT2D eigenvalue weighted by atomic mass is 10.1. The van der Waals surface area contributed by atoms with Gasteiger partial charge in [0.15, 0.2) is 0 Å². The van der Waals surface area contributed by atoms with E-state index >= 15 is 0 Å². The fourth-order valence-corrected chi connectivity index (χ4v) is 3.54. The first-order valence-corrected chi connectivity index (χ1v) is 9.21. The Kier molecular flexibility index (Phi) is 4.08. The third kappa shape index (κ3) is 3.02. The molecule has 0 bridgehead atoms. The van der Waals surface area contributed by atoms with Gasteiger partial charge in [-0.2, -0.15) is 5.26 Å². The van der Waals surface area contributed by atoms with Gasteiger partial charge in [0.25, 0.3) is 0 Å². The Labute approximate surface area is 161 Å². The fourth-order valence-electron chi connectivity index (χ4n) is 3.54. The van der Waals surface area contributed by atoms with E-state index in [4.69, 9.17) is 9.47 Å². The molecule has 2 aromatic carbocycles. The molecule has 1 fully saturated rings. The van der Waals surface area contributed by atoms with E-state index in [1.165, 1.54) is 0 Å². The van der Waals surface area contributed by atoms with E-state index in [1.807, 2.05) is 42.6 Å². The molecule has 1 saturated heterocycles. The topological polar surface area (TPSA) is 83.0 Å². The van der Waals surface area contributed by atoms with Crippen LogP contribution in [0.25, 0.3) is 21.8 Å². The van der Waals surface area contributed by atoms with Crippen molar-refractivity contribution in [1.82, 2.24) is 9.97 Å². The minimum absolute atomic E-state index is 0.0847. The smallest absolute Gasteiger partial charge is 0.124 e. The van der Waals surface area contributed by atoms with Gasteiger partial charge in [-0.25, -0.2) is 0 Å². The summed E-state index contributed by atoms with van der Waals surface area (Å²) in [4.78, 5) is 7.64. The number of aromatic nitrogens is 2. The molecule has 2 N–H and O–H groups in total. The highest BCUT2D eigenvalue weighted by atomic mass is 16.5. The van der Waals surface area contributed by atoms with E-state index in [2.05, 4.69) is 27.4 Å². The first-order chi connectivity index (χ1) is 13.8. The Morgan fingerprint density at radius 3 is 3.04 bits per heavy atom. The van der Waals surface area contributed by atoms with Crippen molar-refractivity contribution in [2.45, 2.75) is 12.5 Å². The summed E-state index contributed by atoms with van der Waals surface area (Å²) in [5, 5.41) is 15.0. The van der Waals surface area contributed by atoms with E-state index in [0.29, 0.717) is 12.2 Å². The maximum absolute atomic E-state index is 9.57. The molecule has 3 heterocycles. The molecular formula is C22H18N4O2. The zero-order valence-electron chi connectivity index (χ0n) is 15.1. The molecule has 0 saturated carbocycles.